The average Bonchev–Trinajstić information content (AvgIpc) is 2.72. The third kappa shape index (κ3) is 4.92. The van der Waals surface area contributed by atoms with Crippen molar-refractivity contribution in [3.8, 4) is 0 Å². The van der Waals surface area contributed by atoms with Gasteiger partial charge in [-0.25, -0.2) is 0 Å². The normalized spacial score (nSPS) is 9.60. The highest BCUT2D eigenvalue weighted by molar-refractivity contribution is 6.95. The fraction of sp³-hybridized carbons (Fsp3) is 0. The topological polar surface area (TPSA) is 12.9 Å². The Kier molecular flexibility index (Phi) is 6.18. The second kappa shape index (κ2) is 9.24. The minimum atomic E-state index is 0.309. The summed E-state index contributed by atoms with van der Waals surface area (Å²) in [6.07, 6.45) is 3.50. The number of benzene rings is 3. The fourth-order valence-corrected chi connectivity index (χ4v) is 2.83. The highest BCUT2D eigenvalue weighted by atomic mass is 14.6. The second-order valence-corrected chi connectivity index (χ2v) is 5.69. The van der Waals surface area contributed by atoms with Crippen molar-refractivity contribution >= 4 is 23.1 Å². The Morgan fingerprint density at radius 3 is 0.960 bits per heavy atom. The molecule has 0 radical (unpaired) electrons. The Morgan fingerprint density at radius 1 is 0.400 bits per heavy atom. The number of rotatable bonds is 3. The smallest absolute Gasteiger partial charge is 0.241 e. The Labute approximate surface area is 150 Å². The Hall–Kier alpha value is -3.13. The van der Waals surface area contributed by atoms with Crippen molar-refractivity contribution in [2.75, 3.05) is 0 Å². The molecule has 1 nitrogen and oxygen atoms in total. The molecule has 2 heteroatoms. The molecule has 0 saturated heterocycles. The van der Waals surface area contributed by atoms with E-state index in [1.165, 1.54) is 16.4 Å². The lowest BCUT2D eigenvalue weighted by molar-refractivity contribution is 1.33. The third-order valence-electron chi connectivity index (χ3n) is 3.97. The molecule has 120 valence electrons. The highest BCUT2D eigenvalue weighted by Gasteiger charge is 2.20. The van der Waals surface area contributed by atoms with Crippen LogP contribution < -0.4 is 16.4 Å². The molecule has 0 saturated carbocycles. The zero-order valence-electron chi connectivity index (χ0n) is 14.1. The summed E-state index contributed by atoms with van der Waals surface area (Å²) in [6, 6.07) is 37.7. The summed E-state index contributed by atoms with van der Waals surface area (Å²) in [6.45, 7) is 0.309. The SMILES string of the molecule is c1ccc(B(c2ccccc2)c2ccccc2)cc1.c1ccncc1. The van der Waals surface area contributed by atoms with Crippen molar-refractivity contribution < 1.29 is 0 Å². The van der Waals surface area contributed by atoms with Gasteiger partial charge in [0.15, 0.2) is 0 Å². The van der Waals surface area contributed by atoms with Crippen LogP contribution in [-0.4, -0.2) is 11.7 Å². The Balaban J connectivity index is 0.000000258. The first-order chi connectivity index (χ1) is 12.4. The van der Waals surface area contributed by atoms with Gasteiger partial charge in [-0.2, -0.15) is 0 Å². The largest absolute Gasteiger partial charge is 0.265 e. The first-order valence-electron chi connectivity index (χ1n) is 8.45. The zero-order valence-corrected chi connectivity index (χ0v) is 14.1. The molecule has 1 aromatic heterocycles. The van der Waals surface area contributed by atoms with Gasteiger partial charge >= 0.3 is 0 Å². The van der Waals surface area contributed by atoms with E-state index in [0.717, 1.165) is 0 Å². The summed E-state index contributed by atoms with van der Waals surface area (Å²) in [4.78, 5) is 3.78. The van der Waals surface area contributed by atoms with Gasteiger partial charge in [-0.1, -0.05) is 113 Å². The van der Waals surface area contributed by atoms with Gasteiger partial charge in [-0.3, -0.25) is 4.98 Å². The standard InChI is InChI=1S/C18H15B.C5H5N/c1-4-10-16(11-5-1)19(17-12-6-2-7-13-17)18-14-8-3-9-15-18;1-2-4-6-5-3-1/h1-15H;1-5H. The zero-order chi connectivity index (χ0) is 17.2. The van der Waals surface area contributed by atoms with Crippen molar-refractivity contribution in [3.05, 3.63) is 122 Å². The van der Waals surface area contributed by atoms with Crippen molar-refractivity contribution in [2.24, 2.45) is 0 Å². The summed E-state index contributed by atoms with van der Waals surface area (Å²) in [7, 11) is 0. The summed E-state index contributed by atoms with van der Waals surface area (Å²) in [5, 5.41) is 0. The van der Waals surface area contributed by atoms with Gasteiger partial charge in [0.05, 0.1) is 0 Å². The van der Waals surface area contributed by atoms with Crippen LogP contribution in [0.3, 0.4) is 0 Å². The van der Waals surface area contributed by atoms with E-state index >= 15 is 0 Å². The van der Waals surface area contributed by atoms with E-state index in [1.54, 1.807) is 12.4 Å². The van der Waals surface area contributed by atoms with E-state index in [2.05, 4.69) is 96.0 Å². The number of pyridine rings is 1. The van der Waals surface area contributed by atoms with Gasteiger partial charge in [-0.15, -0.1) is 0 Å². The minimum absolute atomic E-state index is 0.309. The van der Waals surface area contributed by atoms with Crippen LogP contribution >= 0.6 is 0 Å². The van der Waals surface area contributed by atoms with Crippen LogP contribution in [0.1, 0.15) is 0 Å². The predicted octanol–water partition coefficient (Wildman–Crippen LogP) is 3.28. The molecule has 0 aliphatic carbocycles. The molecule has 0 unspecified atom stereocenters. The fourth-order valence-electron chi connectivity index (χ4n) is 2.83. The molecule has 4 aromatic rings. The van der Waals surface area contributed by atoms with Gasteiger partial charge in [0, 0.05) is 12.4 Å². The van der Waals surface area contributed by atoms with E-state index in [0.29, 0.717) is 6.71 Å². The van der Waals surface area contributed by atoms with Crippen LogP contribution in [-0.2, 0) is 0 Å². The van der Waals surface area contributed by atoms with Crippen LogP contribution in [0.25, 0.3) is 0 Å². The van der Waals surface area contributed by atoms with Crippen LogP contribution in [0.4, 0.5) is 0 Å². The second-order valence-electron chi connectivity index (χ2n) is 5.69. The lowest BCUT2D eigenvalue weighted by atomic mass is 9.37. The first kappa shape index (κ1) is 16.7. The minimum Gasteiger partial charge on any atom is -0.265 e. The van der Waals surface area contributed by atoms with Crippen LogP contribution in [0, 0.1) is 0 Å². The number of hydrogen-bond donors (Lipinski definition) is 0. The van der Waals surface area contributed by atoms with Crippen molar-refractivity contribution in [3.63, 3.8) is 0 Å². The molecule has 25 heavy (non-hydrogen) atoms. The molecule has 1 heterocycles. The molecule has 0 fully saturated rings. The quantitative estimate of drug-likeness (QED) is 0.528. The summed E-state index contributed by atoms with van der Waals surface area (Å²) in [5.74, 6) is 0. The molecule has 0 spiro atoms. The maximum absolute atomic E-state index is 3.78. The van der Waals surface area contributed by atoms with Crippen LogP contribution in [0.5, 0.6) is 0 Å². The molecule has 3 aromatic carbocycles. The summed E-state index contributed by atoms with van der Waals surface area (Å²) >= 11 is 0. The molecule has 0 aliphatic heterocycles. The molecule has 4 rings (SSSR count). The molecule has 0 aliphatic rings. The van der Waals surface area contributed by atoms with Crippen molar-refractivity contribution in [2.45, 2.75) is 0 Å². The molecule has 0 N–H and O–H groups in total. The first-order valence-corrected chi connectivity index (χ1v) is 8.45. The summed E-state index contributed by atoms with van der Waals surface area (Å²) in [5.41, 5.74) is 4.00. The highest BCUT2D eigenvalue weighted by Crippen LogP contribution is 1.95. The maximum Gasteiger partial charge on any atom is 0.241 e. The van der Waals surface area contributed by atoms with Crippen molar-refractivity contribution in [1.82, 2.24) is 4.98 Å². The monoisotopic (exact) mass is 321 g/mol. The van der Waals surface area contributed by atoms with Crippen molar-refractivity contribution in [1.29, 1.82) is 0 Å². The molecular formula is C23H20BN. The summed E-state index contributed by atoms with van der Waals surface area (Å²) < 4.78 is 0. The van der Waals surface area contributed by atoms with E-state index in [-0.39, 0.29) is 0 Å². The third-order valence-corrected chi connectivity index (χ3v) is 3.97. The van der Waals surface area contributed by atoms with Gasteiger partial charge in [0.2, 0.25) is 6.71 Å². The number of aromatic nitrogens is 1. The van der Waals surface area contributed by atoms with E-state index in [4.69, 9.17) is 0 Å². The predicted molar refractivity (Wildman–Crippen MR) is 108 cm³/mol. The maximum atomic E-state index is 3.78. The number of nitrogens with zero attached hydrogens (tertiary/aromatic N) is 1. The van der Waals surface area contributed by atoms with Gasteiger partial charge in [0.25, 0.3) is 0 Å². The van der Waals surface area contributed by atoms with E-state index < -0.39 is 0 Å². The lowest BCUT2D eigenvalue weighted by Crippen LogP contribution is -2.51. The van der Waals surface area contributed by atoms with Gasteiger partial charge in [0.1, 0.15) is 0 Å². The van der Waals surface area contributed by atoms with Gasteiger partial charge < -0.3 is 0 Å². The Bertz CT molecular complexity index is 713. The average molecular weight is 321 g/mol. The lowest BCUT2D eigenvalue weighted by Gasteiger charge is -2.15. The van der Waals surface area contributed by atoms with Gasteiger partial charge in [-0.05, 0) is 12.1 Å². The van der Waals surface area contributed by atoms with Crippen LogP contribution in [0.15, 0.2) is 122 Å². The molecule has 0 amide bonds. The molecular weight excluding hydrogens is 301 g/mol. The van der Waals surface area contributed by atoms with E-state index in [9.17, 15) is 0 Å². The van der Waals surface area contributed by atoms with E-state index in [1.807, 2.05) is 18.2 Å². The Morgan fingerprint density at radius 2 is 0.720 bits per heavy atom. The van der Waals surface area contributed by atoms with Crippen LogP contribution in [0.2, 0.25) is 0 Å². The molecule has 0 bridgehead atoms. The molecule has 0 atom stereocenters. The number of hydrogen-bond acceptors (Lipinski definition) is 1.